The van der Waals surface area contributed by atoms with Crippen LogP contribution in [-0.4, -0.2) is 30.3 Å². The average Bonchev–Trinajstić information content (AvgIpc) is 3.20. The van der Waals surface area contributed by atoms with Gasteiger partial charge in [-0.2, -0.15) is 0 Å². The predicted molar refractivity (Wildman–Crippen MR) is 106 cm³/mol. The van der Waals surface area contributed by atoms with Crippen LogP contribution in [0.5, 0.6) is 11.5 Å². The van der Waals surface area contributed by atoms with Crippen LogP contribution in [0.4, 0.5) is 5.69 Å². The Morgan fingerprint density at radius 1 is 1.24 bits per heavy atom. The number of carbonyl (C=O) groups is 1. The van der Waals surface area contributed by atoms with E-state index in [1.807, 2.05) is 18.2 Å². The van der Waals surface area contributed by atoms with Crippen LogP contribution >= 0.6 is 0 Å². The average molecular weight is 393 g/mol. The minimum absolute atomic E-state index is 0.0105. The van der Waals surface area contributed by atoms with E-state index in [1.165, 1.54) is 13.2 Å². The molecule has 1 atom stereocenters. The molecule has 1 N–H and O–H groups in total. The number of hydrogen-bond acceptors (Lipinski definition) is 6. The molecule has 8 heteroatoms. The van der Waals surface area contributed by atoms with Gasteiger partial charge in [0.05, 0.1) is 24.1 Å². The van der Waals surface area contributed by atoms with E-state index < -0.39 is 4.92 Å². The maximum absolute atomic E-state index is 12.0. The molecule has 1 unspecified atom stereocenters. The van der Waals surface area contributed by atoms with Crippen molar-refractivity contribution in [3.05, 3.63) is 75.4 Å². The number of aliphatic imine (C=N–C) groups is 1. The number of nitro groups is 1. The highest BCUT2D eigenvalue weighted by Crippen LogP contribution is 2.38. The van der Waals surface area contributed by atoms with Crippen molar-refractivity contribution in [1.82, 2.24) is 5.32 Å². The molecule has 148 valence electrons. The third-order valence-electron chi connectivity index (χ3n) is 5.02. The van der Waals surface area contributed by atoms with E-state index in [4.69, 9.17) is 9.47 Å². The first-order valence-electron chi connectivity index (χ1n) is 9.14. The third-order valence-corrected chi connectivity index (χ3v) is 5.02. The summed E-state index contributed by atoms with van der Waals surface area (Å²) in [7, 11) is 1.53. The van der Waals surface area contributed by atoms with Gasteiger partial charge in [0.25, 0.3) is 5.69 Å². The highest BCUT2D eigenvalue weighted by atomic mass is 16.6. The lowest BCUT2D eigenvalue weighted by atomic mass is 9.85. The number of ether oxygens (including phenoxy) is 2. The Kier molecular flexibility index (Phi) is 4.99. The molecule has 29 heavy (non-hydrogen) atoms. The molecule has 1 amide bonds. The van der Waals surface area contributed by atoms with E-state index in [-0.39, 0.29) is 24.1 Å². The summed E-state index contributed by atoms with van der Waals surface area (Å²) in [6, 6.07) is 11.9. The van der Waals surface area contributed by atoms with Gasteiger partial charge < -0.3 is 14.8 Å². The molecule has 2 aliphatic heterocycles. The Bertz CT molecular complexity index is 1040. The molecule has 0 spiro atoms. The molecule has 8 nitrogen and oxygen atoms in total. The molecule has 1 fully saturated rings. The Hall–Kier alpha value is -3.68. The number of nitrogens with one attached hydrogen (secondary N) is 1. The van der Waals surface area contributed by atoms with E-state index >= 15 is 0 Å². The van der Waals surface area contributed by atoms with Gasteiger partial charge in [0.15, 0.2) is 11.5 Å². The zero-order valence-corrected chi connectivity index (χ0v) is 15.8. The second-order valence-electron chi connectivity index (χ2n) is 6.74. The SMILES string of the molecule is COc1cc(C2CC(=O)NC3=NCC=C32)ccc1OCc1ccccc1[N+](=O)[O-]. The van der Waals surface area contributed by atoms with Crippen LogP contribution in [0.3, 0.4) is 0 Å². The van der Waals surface area contributed by atoms with Crippen molar-refractivity contribution < 1.29 is 19.2 Å². The quantitative estimate of drug-likeness (QED) is 0.600. The minimum atomic E-state index is -0.429. The Morgan fingerprint density at radius 2 is 2.07 bits per heavy atom. The summed E-state index contributed by atoms with van der Waals surface area (Å²) >= 11 is 0. The normalized spacial score (nSPS) is 17.7. The van der Waals surface area contributed by atoms with Crippen molar-refractivity contribution >= 4 is 17.4 Å². The molecule has 2 aliphatic rings. The molecule has 2 aromatic rings. The summed E-state index contributed by atoms with van der Waals surface area (Å²) in [6.45, 7) is 0.607. The number of nitrogens with zero attached hydrogens (tertiary/aromatic N) is 2. The molecule has 0 saturated carbocycles. The van der Waals surface area contributed by atoms with Crippen LogP contribution < -0.4 is 14.8 Å². The molecule has 2 heterocycles. The van der Waals surface area contributed by atoms with Gasteiger partial charge in [-0.25, -0.2) is 0 Å². The van der Waals surface area contributed by atoms with Crippen molar-refractivity contribution in [2.75, 3.05) is 13.7 Å². The van der Waals surface area contributed by atoms with Gasteiger partial charge in [-0.1, -0.05) is 24.3 Å². The van der Waals surface area contributed by atoms with Crippen molar-refractivity contribution in [3.63, 3.8) is 0 Å². The summed E-state index contributed by atoms with van der Waals surface area (Å²) in [5.41, 5.74) is 2.43. The Labute approximate surface area is 167 Å². The van der Waals surface area contributed by atoms with Crippen LogP contribution in [-0.2, 0) is 11.4 Å². The lowest BCUT2D eigenvalue weighted by Gasteiger charge is -2.26. The monoisotopic (exact) mass is 393 g/mol. The summed E-state index contributed by atoms with van der Waals surface area (Å²) in [4.78, 5) is 27.1. The van der Waals surface area contributed by atoms with Gasteiger partial charge in [0.1, 0.15) is 12.4 Å². The van der Waals surface area contributed by atoms with Crippen LogP contribution in [0, 0.1) is 10.1 Å². The van der Waals surface area contributed by atoms with E-state index in [2.05, 4.69) is 10.3 Å². The lowest BCUT2D eigenvalue weighted by Crippen LogP contribution is -2.38. The number of nitro benzene ring substituents is 1. The standard InChI is InChI=1S/C21H19N3O5/c1-28-19-10-13(16-11-20(25)23-21-15(16)8-9-22-21)6-7-18(19)29-12-14-4-2-3-5-17(14)24(26)27/h2-8,10,16H,9,11-12H2,1H3,(H,22,23,25). The van der Waals surface area contributed by atoms with Gasteiger partial charge in [0.2, 0.25) is 5.91 Å². The van der Waals surface area contributed by atoms with Crippen LogP contribution in [0.25, 0.3) is 0 Å². The zero-order valence-electron chi connectivity index (χ0n) is 15.8. The summed E-state index contributed by atoms with van der Waals surface area (Å²) in [5.74, 6) is 1.46. The number of benzene rings is 2. The van der Waals surface area contributed by atoms with Gasteiger partial charge in [-0.3, -0.25) is 19.9 Å². The number of para-hydroxylation sites is 1. The number of rotatable bonds is 6. The van der Waals surface area contributed by atoms with Crippen LogP contribution in [0.15, 0.2) is 59.1 Å². The van der Waals surface area contributed by atoms with Crippen molar-refractivity contribution in [3.8, 4) is 11.5 Å². The molecule has 0 bridgehead atoms. The van der Waals surface area contributed by atoms with E-state index in [0.717, 1.165) is 11.1 Å². The largest absolute Gasteiger partial charge is 0.493 e. The maximum atomic E-state index is 12.0. The number of carbonyl (C=O) groups excluding carboxylic acids is 1. The highest BCUT2D eigenvalue weighted by molar-refractivity contribution is 6.12. The van der Waals surface area contributed by atoms with Crippen molar-refractivity contribution in [2.45, 2.75) is 18.9 Å². The van der Waals surface area contributed by atoms with E-state index in [0.29, 0.717) is 35.9 Å². The number of amides is 1. The van der Waals surface area contributed by atoms with E-state index in [9.17, 15) is 14.9 Å². The summed E-state index contributed by atoms with van der Waals surface area (Å²) in [6.07, 6.45) is 2.36. The number of hydrogen-bond donors (Lipinski definition) is 1. The van der Waals surface area contributed by atoms with Crippen molar-refractivity contribution in [1.29, 1.82) is 0 Å². The zero-order chi connectivity index (χ0) is 20.4. The fraction of sp³-hybridized carbons (Fsp3) is 0.238. The minimum Gasteiger partial charge on any atom is -0.493 e. The first-order chi connectivity index (χ1) is 14.1. The van der Waals surface area contributed by atoms with Gasteiger partial charge in [0, 0.05) is 24.0 Å². The number of piperidine rings is 1. The van der Waals surface area contributed by atoms with Crippen molar-refractivity contribution in [2.24, 2.45) is 4.99 Å². The predicted octanol–water partition coefficient (Wildman–Crippen LogP) is 3.12. The van der Waals surface area contributed by atoms with Gasteiger partial charge in [-0.15, -0.1) is 0 Å². The Balaban J connectivity index is 1.57. The number of amidine groups is 1. The second kappa shape index (κ2) is 7.75. The molecule has 2 aromatic carbocycles. The van der Waals surface area contributed by atoms with Gasteiger partial charge in [-0.05, 0) is 23.8 Å². The molecule has 0 aromatic heterocycles. The first kappa shape index (κ1) is 18.7. The molecular weight excluding hydrogens is 374 g/mol. The highest BCUT2D eigenvalue weighted by Gasteiger charge is 2.32. The lowest BCUT2D eigenvalue weighted by molar-refractivity contribution is -0.385. The van der Waals surface area contributed by atoms with Crippen LogP contribution in [0.2, 0.25) is 0 Å². The molecule has 1 saturated heterocycles. The summed E-state index contributed by atoms with van der Waals surface area (Å²) in [5, 5.41) is 14.0. The molecule has 4 rings (SSSR count). The third kappa shape index (κ3) is 3.69. The summed E-state index contributed by atoms with van der Waals surface area (Å²) < 4.78 is 11.3. The molecular formula is C21H19N3O5. The first-order valence-corrected chi connectivity index (χ1v) is 9.14. The smallest absolute Gasteiger partial charge is 0.276 e. The molecule has 0 radical (unpaired) electrons. The molecule has 0 aliphatic carbocycles. The number of methoxy groups -OCH3 is 1. The fourth-order valence-corrected chi connectivity index (χ4v) is 3.60. The number of fused-ring (bicyclic) bond motifs is 1. The van der Waals surface area contributed by atoms with Crippen LogP contribution in [0.1, 0.15) is 23.5 Å². The Morgan fingerprint density at radius 3 is 2.86 bits per heavy atom. The van der Waals surface area contributed by atoms with E-state index in [1.54, 1.807) is 24.3 Å². The topological polar surface area (TPSA) is 103 Å². The maximum Gasteiger partial charge on any atom is 0.276 e. The van der Waals surface area contributed by atoms with Gasteiger partial charge >= 0.3 is 0 Å². The second-order valence-corrected chi connectivity index (χ2v) is 6.74. The fourth-order valence-electron chi connectivity index (χ4n) is 3.60.